The van der Waals surface area contributed by atoms with Crippen LogP contribution < -0.4 is 5.32 Å². The van der Waals surface area contributed by atoms with Crippen molar-refractivity contribution in [1.29, 1.82) is 0 Å². The maximum absolute atomic E-state index is 12.4. The summed E-state index contributed by atoms with van der Waals surface area (Å²) in [5.74, 6) is 0.00699. The molecular formula is C20H29N3O4. The third-order valence-electron chi connectivity index (χ3n) is 5.60. The van der Waals surface area contributed by atoms with Gasteiger partial charge in [-0.1, -0.05) is 6.07 Å². The number of nitrogens with zero attached hydrogens (tertiary/aromatic N) is 2. The molecule has 2 aliphatic rings. The molecular weight excluding hydrogens is 346 g/mol. The Morgan fingerprint density at radius 3 is 2.74 bits per heavy atom. The van der Waals surface area contributed by atoms with Crippen molar-refractivity contribution < 1.29 is 19.8 Å². The fourth-order valence-corrected chi connectivity index (χ4v) is 3.88. The lowest BCUT2D eigenvalue weighted by atomic mass is 9.85. The van der Waals surface area contributed by atoms with Gasteiger partial charge in [0.2, 0.25) is 0 Å². The normalized spacial score (nSPS) is 19.1. The van der Waals surface area contributed by atoms with Crippen molar-refractivity contribution in [3.8, 4) is 0 Å². The molecule has 0 aliphatic carbocycles. The summed E-state index contributed by atoms with van der Waals surface area (Å²) < 4.78 is 0. The number of aliphatic carboxylic acids is 1. The molecule has 0 atom stereocenters. The number of fused-ring (bicyclic) bond motifs is 1. The van der Waals surface area contributed by atoms with Crippen molar-refractivity contribution in [2.24, 2.45) is 0 Å². The molecule has 3 heterocycles. The van der Waals surface area contributed by atoms with Crippen LogP contribution in [-0.4, -0.2) is 63.6 Å². The van der Waals surface area contributed by atoms with E-state index in [1.54, 1.807) is 4.90 Å². The second-order valence-corrected chi connectivity index (χ2v) is 7.67. The monoisotopic (exact) mass is 375 g/mol. The molecule has 0 bridgehead atoms. The first-order valence-corrected chi connectivity index (χ1v) is 9.89. The number of likely N-dealkylation sites (tertiary alicyclic amines) is 1. The van der Waals surface area contributed by atoms with E-state index in [4.69, 9.17) is 5.11 Å². The maximum atomic E-state index is 12.4. The number of aliphatic hydroxyl groups is 1. The fourth-order valence-electron chi connectivity index (χ4n) is 3.88. The van der Waals surface area contributed by atoms with E-state index in [0.717, 1.165) is 50.2 Å². The number of carbonyl (C=O) groups is 2. The number of carbonyl (C=O) groups excluding carboxylic acids is 1. The molecule has 1 aromatic heterocycles. The summed E-state index contributed by atoms with van der Waals surface area (Å²) in [5, 5.41) is 22.8. The Balaban J connectivity index is 1.40. The van der Waals surface area contributed by atoms with Gasteiger partial charge in [0.1, 0.15) is 11.4 Å². The molecule has 3 rings (SSSR count). The number of aromatic nitrogens is 1. The average Bonchev–Trinajstić information content (AvgIpc) is 2.66. The van der Waals surface area contributed by atoms with Gasteiger partial charge in [0.05, 0.1) is 6.54 Å². The number of pyridine rings is 1. The zero-order valence-electron chi connectivity index (χ0n) is 15.7. The topological polar surface area (TPSA) is 103 Å². The number of rotatable bonds is 8. The third kappa shape index (κ3) is 5.26. The van der Waals surface area contributed by atoms with E-state index in [2.05, 4.69) is 22.4 Å². The number of hydrogen-bond acceptors (Lipinski definition) is 6. The van der Waals surface area contributed by atoms with Gasteiger partial charge in [-0.15, -0.1) is 0 Å². The summed E-state index contributed by atoms with van der Waals surface area (Å²) in [6, 6.07) is 4.21. The van der Waals surface area contributed by atoms with E-state index in [-0.39, 0.29) is 12.3 Å². The Morgan fingerprint density at radius 2 is 2.00 bits per heavy atom. The molecule has 1 fully saturated rings. The number of piperidine rings is 1. The number of unbranched alkanes of at least 4 members (excludes halogenated alkanes) is 1. The summed E-state index contributed by atoms with van der Waals surface area (Å²) in [6.07, 6.45) is 5.63. The smallest absolute Gasteiger partial charge is 0.317 e. The molecule has 1 aromatic rings. The van der Waals surface area contributed by atoms with Crippen molar-refractivity contribution in [3.05, 3.63) is 23.4 Å². The van der Waals surface area contributed by atoms with Crippen molar-refractivity contribution in [2.75, 3.05) is 31.5 Å². The Bertz CT molecular complexity index is 684. The van der Waals surface area contributed by atoms with Crippen LogP contribution in [0.25, 0.3) is 0 Å². The first-order valence-electron chi connectivity index (χ1n) is 9.89. The van der Waals surface area contributed by atoms with E-state index in [1.807, 2.05) is 0 Å². The second-order valence-electron chi connectivity index (χ2n) is 7.67. The highest BCUT2D eigenvalue weighted by Crippen LogP contribution is 2.25. The molecule has 2 aliphatic heterocycles. The number of nitrogens with one attached hydrogen (secondary N) is 1. The first kappa shape index (κ1) is 19.8. The van der Waals surface area contributed by atoms with Gasteiger partial charge in [-0.2, -0.15) is 0 Å². The molecule has 3 N–H and O–H groups in total. The molecule has 0 radical (unpaired) electrons. The molecule has 0 amide bonds. The lowest BCUT2D eigenvalue weighted by molar-refractivity contribution is -0.145. The van der Waals surface area contributed by atoms with E-state index in [1.165, 1.54) is 5.56 Å². The highest BCUT2D eigenvalue weighted by atomic mass is 16.4. The molecule has 0 saturated carbocycles. The predicted molar refractivity (Wildman–Crippen MR) is 102 cm³/mol. The molecule has 0 unspecified atom stereocenters. The molecule has 7 nitrogen and oxygen atoms in total. The van der Waals surface area contributed by atoms with Crippen LogP contribution in [0.15, 0.2) is 12.1 Å². The SMILES string of the molecule is O=C(O)CN1CCC(O)(C(=O)CCCCc2ccc3c(n2)NCCC3)CC1. The number of Topliss-reactive ketones (excluding diaryl/α,β-unsaturated/α-hetero) is 1. The Morgan fingerprint density at radius 1 is 1.22 bits per heavy atom. The van der Waals surface area contributed by atoms with Crippen LogP contribution in [0, 0.1) is 0 Å². The summed E-state index contributed by atoms with van der Waals surface area (Å²) in [4.78, 5) is 29.6. The lowest BCUT2D eigenvalue weighted by Gasteiger charge is -2.36. The van der Waals surface area contributed by atoms with Gasteiger partial charge >= 0.3 is 5.97 Å². The molecule has 27 heavy (non-hydrogen) atoms. The average molecular weight is 375 g/mol. The highest BCUT2D eigenvalue weighted by Gasteiger charge is 2.38. The minimum Gasteiger partial charge on any atom is -0.480 e. The fraction of sp³-hybridized carbons (Fsp3) is 0.650. The van der Waals surface area contributed by atoms with Crippen molar-refractivity contribution in [1.82, 2.24) is 9.88 Å². The van der Waals surface area contributed by atoms with Crippen molar-refractivity contribution >= 4 is 17.6 Å². The summed E-state index contributed by atoms with van der Waals surface area (Å²) in [6.45, 7) is 1.83. The van der Waals surface area contributed by atoms with Gasteiger partial charge in [0.15, 0.2) is 5.78 Å². The largest absolute Gasteiger partial charge is 0.480 e. The van der Waals surface area contributed by atoms with Gasteiger partial charge in [-0.25, -0.2) is 4.98 Å². The van der Waals surface area contributed by atoms with Crippen molar-refractivity contribution in [3.63, 3.8) is 0 Å². The van der Waals surface area contributed by atoms with Crippen LogP contribution >= 0.6 is 0 Å². The van der Waals surface area contributed by atoms with Gasteiger partial charge in [-0.05, 0) is 56.6 Å². The number of ketones is 1. The predicted octanol–water partition coefficient (Wildman–Crippen LogP) is 1.63. The Kier molecular flexibility index (Phi) is 6.44. The van der Waals surface area contributed by atoms with E-state index in [9.17, 15) is 14.7 Å². The minimum atomic E-state index is -1.29. The van der Waals surface area contributed by atoms with Gasteiger partial charge in [-0.3, -0.25) is 14.5 Å². The van der Waals surface area contributed by atoms with E-state index in [0.29, 0.717) is 32.4 Å². The maximum Gasteiger partial charge on any atom is 0.317 e. The molecule has 0 aromatic carbocycles. The second kappa shape index (κ2) is 8.80. The number of anilines is 1. The van der Waals surface area contributed by atoms with Crippen LogP contribution in [-0.2, 0) is 22.4 Å². The zero-order chi connectivity index (χ0) is 19.3. The van der Waals surface area contributed by atoms with Crippen LogP contribution in [0.5, 0.6) is 0 Å². The first-order chi connectivity index (χ1) is 13.0. The van der Waals surface area contributed by atoms with Gasteiger partial charge < -0.3 is 15.5 Å². The quantitative estimate of drug-likeness (QED) is 0.594. The van der Waals surface area contributed by atoms with E-state index < -0.39 is 11.6 Å². The summed E-state index contributed by atoms with van der Waals surface area (Å²) >= 11 is 0. The lowest BCUT2D eigenvalue weighted by Crippen LogP contribution is -2.50. The zero-order valence-corrected chi connectivity index (χ0v) is 15.7. The summed E-state index contributed by atoms with van der Waals surface area (Å²) in [7, 11) is 0. The van der Waals surface area contributed by atoms with Gasteiger partial charge in [0.25, 0.3) is 0 Å². The number of aryl methyl sites for hydroxylation is 2. The van der Waals surface area contributed by atoms with Gasteiger partial charge in [0, 0.05) is 31.7 Å². The molecule has 7 heteroatoms. The number of carboxylic acid groups (broad SMARTS) is 1. The van der Waals surface area contributed by atoms with Crippen LogP contribution in [0.1, 0.15) is 49.8 Å². The molecule has 148 valence electrons. The van der Waals surface area contributed by atoms with Crippen molar-refractivity contribution in [2.45, 2.75) is 57.0 Å². The molecule has 1 saturated heterocycles. The number of hydrogen-bond donors (Lipinski definition) is 3. The summed E-state index contributed by atoms with van der Waals surface area (Å²) in [5.41, 5.74) is 1.02. The third-order valence-corrected chi connectivity index (χ3v) is 5.60. The van der Waals surface area contributed by atoms with E-state index >= 15 is 0 Å². The molecule has 0 spiro atoms. The number of carboxylic acids is 1. The highest BCUT2D eigenvalue weighted by molar-refractivity contribution is 5.87. The van der Waals surface area contributed by atoms with Crippen LogP contribution in [0.2, 0.25) is 0 Å². The minimum absolute atomic E-state index is 0.0348. The Hall–Kier alpha value is -1.99. The van der Waals surface area contributed by atoms with Crippen LogP contribution in [0.4, 0.5) is 5.82 Å². The standard InChI is InChI=1S/C20H29N3O4/c24-17(20(27)9-12-23(13-10-20)14-18(25)26)6-2-1-5-16-8-7-15-4-3-11-21-19(15)22-16/h7-8,27H,1-6,9-14H2,(H,21,22)(H,25,26). The van der Waals surface area contributed by atoms with Crippen LogP contribution in [0.3, 0.4) is 0 Å². The Labute approximate surface area is 159 Å².